The monoisotopic (exact) mass is 354 g/mol. The van der Waals surface area contributed by atoms with Gasteiger partial charge in [-0.05, 0) is 23.6 Å². The third-order valence-corrected chi connectivity index (χ3v) is 4.52. The second kappa shape index (κ2) is 6.37. The summed E-state index contributed by atoms with van der Waals surface area (Å²) in [7, 11) is 1.90. The molecule has 0 aliphatic rings. The van der Waals surface area contributed by atoms with Gasteiger partial charge in [0.2, 0.25) is 0 Å². The fraction of sp³-hybridized carbons (Fsp3) is 0.250. The standard InChI is InChI=1S/C16H14F3N3OS/c1-22(8-10-2-4-11(5-3-10)16(17,18)19)9-13-20-12-6-7-24-14(12)15(23)21-13/h2-7H,8-9H2,1H3,(H,20,21,23)/p+1. The van der Waals surface area contributed by atoms with Crippen LogP contribution in [0.4, 0.5) is 13.2 Å². The number of rotatable bonds is 4. The molecule has 24 heavy (non-hydrogen) atoms. The van der Waals surface area contributed by atoms with Gasteiger partial charge in [0.1, 0.15) is 17.8 Å². The second-order valence-electron chi connectivity index (χ2n) is 5.65. The number of H-pyrrole nitrogens is 1. The largest absolute Gasteiger partial charge is 0.416 e. The minimum atomic E-state index is -4.32. The number of quaternary nitrogens is 1. The molecular formula is C16H15F3N3OS+. The number of aromatic amines is 1. The van der Waals surface area contributed by atoms with Crippen LogP contribution in [0.5, 0.6) is 0 Å². The number of thiophene rings is 1. The van der Waals surface area contributed by atoms with Crippen molar-refractivity contribution in [3.05, 3.63) is 63.0 Å². The van der Waals surface area contributed by atoms with E-state index in [-0.39, 0.29) is 5.56 Å². The van der Waals surface area contributed by atoms with E-state index in [1.165, 1.54) is 23.5 Å². The molecule has 0 fully saturated rings. The molecule has 3 rings (SSSR count). The number of fused-ring (bicyclic) bond motifs is 1. The van der Waals surface area contributed by atoms with Crippen LogP contribution in [0.25, 0.3) is 10.2 Å². The van der Waals surface area contributed by atoms with Gasteiger partial charge in [-0.1, -0.05) is 12.1 Å². The molecule has 2 N–H and O–H groups in total. The molecule has 0 radical (unpaired) electrons. The third-order valence-electron chi connectivity index (χ3n) is 3.62. The second-order valence-corrected chi connectivity index (χ2v) is 6.57. The Hall–Kier alpha value is -2.19. The molecule has 1 unspecified atom stereocenters. The Bertz CT molecular complexity index is 899. The van der Waals surface area contributed by atoms with Gasteiger partial charge in [-0.3, -0.25) is 4.79 Å². The Morgan fingerprint density at radius 1 is 1.17 bits per heavy atom. The summed E-state index contributed by atoms with van der Waals surface area (Å²) in [5.74, 6) is 0.565. The molecule has 0 aliphatic carbocycles. The van der Waals surface area contributed by atoms with E-state index in [1.807, 2.05) is 12.4 Å². The zero-order valence-electron chi connectivity index (χ0n) is 12.8. The van der Waals surface area contributed by atoms with E-state index < -0.39 is 11.7 Å². The predicted molar refractivity (Wildman–Crippen MR) is 86.0 cm³/mol. The van der Waals surface area contributed by atoms with Gasteiger partial charge in [0.15, 0.2) is 5.82 Å². The average Bonchev–Trinajstić information content (AvgIpc) is 2.95. The van der Waals surface area contributed by atoms with E-state index >= 15 is 0 Å². The summed E-state index contributed by atoms with van der Waals surface area (Å²) in [5, 5.41) is 1.81. The Balaban J connectivity index is 1.70. The van der Waals surface area contributed by atoms with Crippen molar-refractivity contribution in [3.63, 3.8) is 0 Å². The molecule has 2 aromatic heterocycles. The first-order valence-corrected chi connectivity index (χ1v) is 8.15. The van der Waals surface area contributed by atoms with Gasteiger partial charge < -0.3 is 9.88 Å². The van der Waals surface area contributed by atoms with Crippen molar-refractivity contribution >= 4 is 21.6 Å². The first kappa shape index (κ1) is 16.7. The highest BCUT2D eigenvalue weighted by Crippen LogP contribution is 2.28. The summed E-state index contributed by atoms with van der Waals surface area (Å²) >= 11 is 1.34. The van der Waals surface area contributed by atoms with Gasteiger partial charge in [-0.25, -0.2) is 4.98 Å². The quantitative estimate of drug-likeness (QED) is 0.755. The Labute approximate surface area is 139 Å². The van der Waals surface area contributed by atoms with E-state index in [4.69, 9.17) is 0 Å². The van der Waals surface area contributed by atoms with Crippen LogP contribution in [0.3, 0.4) is 0 Å². The minimum absolute atomic E-state index is 0.160. The molecule has 0 bridgehead atoms. The normalized spacial score (nSPS) is 13.3. The molecule has 4 nitrogen and oxygen atoms in total. The first-order chi connectivity index (χ1) is 11.3. The van der Waals surface area contributed by atoms with Gasteiger partial charge in [-0.2, -0.15) is 13.2 Å². The number of aromatic nitrogens is 2. The van der Waals surface area contributed by atoms with Crippen molar-refractivity contribution in [2.75, 3.05) is 7.05 Å². The van der Waals surface area contributed by atoms with Crippen molar-refractivity contribution in [3.8, 4) is 0 Å². The maximum Gasteiger partial charge on any atom is 0.416 e. The highest BCUT2D eigenvalue weighted by atomic mass is 32.1. The number of nitrogens with one attached hydrogen (secondary N) is 2. The SMILES string of the molecule is C[NH+](Cc1ccc(C(F)(F)F)cc1)Cc1nc2ccsc2c(=O)[nH]1. The predicted octanol–water partition coefficient (Wildman–Crippen LogP) is 2.22. The van der Waals surface area contributed by atoms with Crippen LogP contribution in [-0.2, 0) is 19.3 Å². The van der Waals surface area contributed by atoms with Crippen LogP contribution in [0.15, 0.2) is 40.5 Å². The Morgan fingerprint density at radius 2 is 1.88 bits per heavy atom. The molecule has 126 valence electrons. The fourth-order valence-electron chi connectivity index (χ4n) is 2.51. The van der Waals surface area contributed by atoms with Crippen molar-refractivity contribution in [1.29, 1.82) is 0 Å². The molecule has 0 aliphatic heterocycles. The molecule has 1 aromatic carbocycles. The van der Waals surface area contributed by atoms with Crippen molar-refractivity contribution in [2.24, 2.45) is 0 Å². The zero-order chi connectivity index (χ0) is 17.3. The number of hydrogen-bond acceptors (Lipinski definition) is 3. The lowest BCUT2D eigenvalue weighted by Crippen LogP contribution is -3.06. The molecular weight excluding hydrogens is 339 g/mol. The molecule has 3 aromatic rings. The molecule has 1 atom stereocenters. The Kier molecular flexibility index (Phi) is 4.42. The van der Waals surface area contributed by atoms with Crippen molar-refractivity contribution < 1.29 is 18.1 Å². The van der Waals surface area contributed by atoms with Gasteiger partial charge in [-0.15, -0.1) is 11.3 Å². The van der Waals surface area contributed by atoms with Crippen molar-refractivity contribution in [2.45, 2.75) is 19.3 Å². The van der Waals surface area contributed by atoms with Crippen LogP contribution < -0.4 is 10.5 Å². The van der Waals surface area contributed by atoms with E-state index in [2.05, 4.69) is 9.97 Å². The zero-order valence-corrected chi connectivity index (χ0v) is 13.6. The van der Waals surface area contributed by atoms with Crippen LogP contribution in [0.2, 0.25) is 0 Å². The highest BCUT2D eigenvalue weighted by Gasteiger charge is 2.30. The lowest BCUT2D eigenvalue weighted by Gasteiger charge is -2.14. The van der Waals surface area contributed by atoms with E-state index in [9.17, 15) is 18.0 Å². The maximum atomic E-state index is 12.6. The average molecular weight is 354 g/mol. The number of benzene rings is 1. The summed E-state index contributed by atoms with van der Waals surface area (Å²) < 4.78 is 38.3. The van der Waals surface area contributed by atoms with E-state index in [0.717, 1.165) is 22.6 Å². The maximum absolute atomic E-state index is 12.6. The van der Waals surface area contributed by atoms with Crippen LogP contribution in [0, 0.1) is 0 Å². The topological polar surface area (TPSA) is 50.2 Å². The molecule has 0 amide bonds. The summed E-state index contributed by atoms with van der Waals surface area (Å²) in [6, 6.07) is 6.92. The third kappa shape index (κ3) is 3.65. The van der Waals surface area contributed by atoms with Gasteiger partial charge >= 0.3 is 6.18 Å². The minimum Gasteiger partial charge on any atom is -0.327 e. The molecule has 2 heterocycles. The van der Waals surface area contributed by atoms with E-state index in [0.29, 0.717) is 29.1 Å². The lowest BCUT2D eigenvalue weighted by atomic mass is 10.1. The molecule has 8 heteroatoms. The van der Waals surface area contributed by atoms with Crippen molar-refractivity contribution in [1.82, 2.24) is 9.97 Å². The fourth-order valence-corrected chi connectivity index (χ4v) is 3.24. The van der Waals surface area contributed by atoms with E-state index in [1.54, 1.807) is 6.07 Å². The van der Waals surface area contributed by atoms with Crippen LogP contribution in [0.1, 0.15) is 17.0 Å². The molecule has 0 saturated carbocycles. The van der Waals surface area contributed by atoms with Gasteiger partial charge in [0.25, 0.3) is 5.56 Å². The number of halogens is 3. The Morgan fingerprint density at radius 3 is 2.54 bits per heavy atom. The van der Waals surface area contributed by atoms with Gasteiger partial charge in [0.05, 0.1) is 18.1 Å². The number of alkyl halides is 3. The molecule has 0 spiro atoms. The lowest BCUT2D eigenvalue weighted by molar-refractivity contribution is -0.908. The summed E-state index contributed by atoms with van der Waals surface area (Å²) in [6.07, 6.45) is -4.32. The van der Waals surface area contributed by atoms with Gasteiger partial charge in [0, 0.05) is 5.56 Å². The van der Waals surface area contributed by atoms with Crippen LogP contribution >= 0.6 is 11.3 Å². The molecule has 0 saturated heterocycles. The summed E-state index contributed by atoms with van der Waals surface area (Å²) in [4.78, 5) is 20.1. The summed E-state index contributed by atoms with van der Waals surface area (Å²) in [5.41, 5.74) is 0.644. The smallest absolute Gasteiger partial charge is 0.327 e. The summed E-state index contributed by atoms with van der Waals surface area (Å²) in [6.45, 7) is 1.01. The number of nitrogens with zero attached hydrogens (tertiary/aromatic N) is 1. The first-order valence-electron chi connectivity index (χ1n) is 7.27. The number of hydrogen-bond donors (Lipinski definition) is 2. The highest BCUT2D eigenvalue weighted by molar-refractivity contribution is 7.17. The van der Waals surface area contributed by atoms with Crippen LogP contribution in [-0.4, -0.2) is 17.0 Å².